The lowest BCUT2D eigenvalue weighted by atomic mass is 9.81. The summed E-state index contributed by atoms with van der Waals surface area (Å²) >= 11 is 0. The molecule has 3 heterocycles. The molecule has 3 saturated heterocycles. The molecule has 1 saturated carbocycles. The van der Waals surface area contributed by atoms with Crippen molar-refractivity contribution in [3.8, 4) is 0 Å². The first-order chi connectivity index (χ1) is 15.1. The Hall–Kier alpha value is -1.55. The van der Waals surface area contributed by atoms with Crippen LogP contribution in [-0.4, -0.2) is 43.4 Å². The van der Waals surface area contributed by atoms with E-state index in [9.17, 15) is 4.79 Å². The van der Waals surface area contributed by atoms with Gasteiger partial charge in [0.2, 0.25) is 0 Å². The van der Waals surface area contributed by atoms with Crippen LogP contribution in [0.1, 0.15) is 88.3 Å². The Balaban J connectivity index is 1.50. The third-order valence-corrected chi connectivity index (χ3v) is 8.29. The quantitative estimate of drug-likeness (QED) is 0.565. The van der Waals surface area contributed by atoms with Crippen molar-refractivity contribution in [3.63, 3.8) is 0 Å². The van der Waals surface area contributed by atoms with E-state index in [0.29, 0.717) is 11.8 Å². The summed E-state index contributed by atoms with van der Waals surface area (Å²) in [5.41, 5.74) is 2.71. The van der Waals surface area contributed by atoms with Crippen molar-refractivity contribution in [2.45, 2.75) is 89.7 Å². The molecule has 1 N–H and O–H groups in total. The number of fused-ring (bicyclic) bond motifs is 3. The second-order valence-corrected chi connectivity index (χ2v) is 10.7. The maximum atomic E-state index is 13.2. The van der Waals surface area contributed by atoms with Gasteiger partial charge in [-0.3, -0.25) is 0 Å². The van der Waals surface area contributed by atoms with E-state index < -0.39 is 0 Å². The second kappa shape index (κ2) is 10.4. The monoisotopic (exact) mass is 427 g/mol. The Morgan fingerprint density at radius 1 is 1.06 bits per heavy atom. The fraction of sp³-hybridized carbons (Fsp3) is 0.741. The Morgan fingerprint density at radius 3 is 2.42 bits per heavy atom. The van der Waals surface area contributed by atoms with E-state index in [1.165, 1.54) is 82.0 Å². The minimum Gasteiger partial charge on any atom is -0.440 e. The third-order valence-electron chi connectivity index (χ3n) is 8.29. The van der Waals surface area contributed by atoms with Crippen LogP contribution in [0, 0.1) is 11.8 Å². The summed E-state index contributed by atoms with van der Waals surface area (Å²) in [5.74, 6) is 1.06. The lowest BCUT2D eigenvalue weighted by molar-refractivity contribution is -0.928. The molecule has 1 aliphatic carbocycles. The molecular formula is C27H43N2O2+. The standard InChI is InChI=1S/C27H42N2O2/c1-3-11-21-12-9-10-15-24(21)26(23-13-7-5-4-6-8-14-23)28-27(30)31-25-20-29(2)18-16-22(25)17-19-29/h9-10,12,15,22-23,25-26H,3-8,11,13-14,16-20H2,1-2H3/p+1. The van der Waals surface area contributed by atoms with Crippen LogP contribution in [0.3, 0.4) is 0 Å². The van der Waals surface area contributed by atoms with E-state index in [4.69, 9.17) is 4.74 Å². The van der Waals surface area contributed by atoms with Gasteiger partial charge in [0.1, 0.15) is 6.54 Å². The normalized spacial score (nSPS) is 30.3. The predicted octanol–water partition coefficient (Wildman–Crippen LogP) is 6.01. The largest absolute Gasteiger partial charge is 0.440 e. The molecule has 1 amide bonds. The highest BCUT2D eigenvalue weighted by Crippen LogP contribution is 2.36. The van der Waals surface area contributed by atoms with Crippen LogP contribution < -0.4 is 5.32 Å². The summed E-state index contributed by atoms with van der Waals surface area (Å²) in [7, 11) is 2.32. The molecule has 4 fully saturated rings. The highest BCUT2D eigenvalue weighted by molar-refractivity contribution is 5.68. The zero-order chi connectivity index (χ0) is 21.7. The van der Waals surface area contributed by atoms with Gasteiger partial charge in [-0.2, -0.15) is 0 Å². The number of nitrogens with one attached hydrogen (secondary N) is 1. The molecule has 4 nitrogen and oxygen atoms in total. The Labute approximate surface area is 189 Å². The average Bonchev–Trinajstić information content (AvgIpc) is 2.73. The summed E-state index contributed by atoms with van der Waals surface area (Å²) in [6.45, 7) is 5.70. The van der Waals surface area contributed by atoms with Crippen molar-refractivity contribution in [1.82, 2.24) is 5.32 Å². The predicted molar refractivity (Wildman–Crippen MR) is 126 cm³/mol. The Morgan fingerprint density at radius 2 is 1.74 bits per heavy atom. The lowest BCUT2D eigenvalue weighted by Gasteiger charge is -2.49. The number of carbonyl (C=O) groups is 1. The first-order valence-electron chi connectivity index (χ1n) is 13.0. The molecule has 4 aliphatic rings. The summed E-state index contributed by atoms with van der Waals surface area (Å²) < 4.78 is 7.19. The molecule has 2 unspecified atom stereocenters. The third kappa shape index (κ3) is 5.63. The molecule has 2 atom stereocenters. The average molecular weight is 428 g/mol. The number of likely N-dealkylation sites (N-methyl/N-ethyl adjacent to an activating group) is 1. The van der Waals surface area contributed by atoms with Crippen molar-refractivity contribution in [3.05, 3.63) is 35.4 Å². The summed E-state index contributed by atoms with van der Waals surface area (Å²) in [4.78, 5) is 13.2. The van der Waals surface area contributed by atoms with E-state index in [1.807, 2.05) is 0 Å². The van der Waals surface area contributed by atoms with E-state index in [2.05, 4.69) is 43.6 Å². The van der Waals surface area contributed by atoms with Crippen LogP contribution >= 0.6 is 0 Å². The molecule has 0 radical (unpaired) electrons. The molecule has 172 valence electrons. The number of rotatable bonds is 6. The van der Waals surface area contributed by atoms with Gasteiger partial charge in [0, 0.05) is 18.8 Å². The smallest absolute Gasteiger partial charge is 0.408 e. The van der Waals surface area contributed by atoms with Crippen molar-refractivity contribution in [1.29, 1.82) is 0 Å². The Kier molecular flexibility index (Phi) is 7.58. The fourth-order valence-electron chi connectivity index (χ4n) is 6.39. The summed E-state index contributed by atoms with van der Waals surface area (Å²) in [5, 5.41) is 3.40. The summed E-state index contributed by atoms with van der Waals surface area (Å²) in [6, 6.07) is 8.84. The first-order valence-corrected chi connectivity index (χ1v) is 13.0. The molecule has 2 bridgehead atoms. The highest BCUT2D eigenvalue weighted by atomic mass is 16.6. The van der Waals surface area contributed by atoms with Gasteiger partial charge in [-0.05, 0) is 36.3 Å². The lowest BCUT2D eigenvalue weighted by Crippen LogP contribution is -2.62. The zero-order valence-electron chi connectivity index (χ0n) is 19.8. The number of benzene rings is 1. The molecule has 0 aromatic heterocycles. The number of hydrogen-bond donors (Lipinski definition) is 1. The highest BCUT2D eigenvalue weighted by Gasteiger charge is 2.45. The maximum Gasteiger partial charge on any atom is 0.408 e. The zero-order valence-corrected chi connectivity index (χ0v) is 19.8. The number of quaternary nitrogens is 1. The van der Waals surface area contributed by atoms with Crippen molar-refractivity contribution in [2.75, 3.05) is 26.7 Å². The van der Waals surface area contributed by atoms with Gasteiger partial charge in [-0.25, -0.2) is 4.79 Å². The number of carbonyl (C=O) groups excluding carboxylic acids is 1. The Bertz CT molecular complexity index is 718. The maximum absolute atomic E-state index is 13.2. The number of alkyl carbamates (subject to hydrolysis) is 1. The molecule has 1 aromatic carbocycles. The molecule has 5 rings (SSSR count). The van der Waals surface area contributed by atoms with Crippen LogP contribution in [0.5, 0.6) is 0 Å². The SMILES string of the molecule is CCCc1ccccc1C(NC(=O)OC1C[N+]2(C)CCC1CC2)C1CCCCCCC1. The van der Waals surface area contributed by atoms with E-state index in [-0.39, 0.29) is 18.2 Å². The minimum absolute atomic E-state index is 0.0687. The van der Waals surface area contributed by atoms with Crippen LogP contribution in [0.15, 0.2) is 24.3 Å². The van der Waals surface area contributed by atoms with Crippen LogP contribution in [0.25, 0.3) is 0 Å². The first kappa shape index (κ1) is 22.6. The summed E-state index contributed by atoms with van der Waals surface area (Å²) in [6.07, 6.45) is 13.4. The van der Waals surface area contributed by atoms with Crippen LogP contribution in [0.4, 0.5) is 4.79 Å². The topological polar surface area (TPSA) is 38.3 Å². The molecule has 0 spiro atoms. The molecule has 4 heteroatoms. The van der Waals surface area contributed by atoms with Crippen molar-refractivity contribution in [2.24, 2.45) is 11.8 Å². The number of amides is 1. The van der Waals surface area contributed by atoms with E-state index in [1.54, 1.807) is 0 Å². The number of piperidine rings is 3. The van der Waals surface area contributed by atoms with Gasteiger partial charge in [-0.1, -0.05) is 69.7 Å². The molecule has 31 heavy (non-hydrogen) atoms. The second-order valence-electron chi connectivity index (χ2n) is 10.7. The van der Waals surface area contributed by atoms with Gasteiger partial charge in [-0.15, -0.1) is 0 Å². The van der Waals surface area contributed by atoms with E-state index in [0.717, 1.165) is 23.9 Å². The van der Waals surface area contributed by atoms with E-state index >= 15 is 0 Å². The van der Waals surface area contributed by atoms with Gasteiger partial charge in [0.25, 0.3) is 0 Å². The number of aryl methyl sites for hydroxylation is 1. The number of ether oxygens (including phenoxy) is 1. The van der Waals surface area contributed by atoms with Gasteiger partial charge in [0.15, 0.2) is 6.10 Å². The number of hydrogen-bond acceptors (Lipinski definition) is 2. The molecular weight excluding hydrogens is 384 g/mol. The van der Waals surface area contributed by atoms with Crippen LogP contribution in [0.2, 0.25) is 0 Å². The van der Waals surface area contributed by atoms with Crippen molar-refractivity contribution < 1.29 is 14.0 Å². The van der Waals surface area contributed by atoms with Crippen LogP contribution in [-0.2, 0) is 11.2 Å². The minimum atomic E-state index is -0.191. The van der Waals surface area contributed by atoms with Gasteiger partial charge < -0.3 is 14.5 Å². The molecule has 1 aromatic rings. The molecule has 3 aliphatic heterocycles. The number of nitrogens with zero attached hydrogens (tertiary/aromatic N) is 1. The van der Waals surface area contributed by atoms with Gasteiger partial charge in [0.05, 0.1) is 26.2 Å². The fourth-order valence-corrected chi connectivity index (χ4v) is 6.39. The van der Waals surface area contributed by atoms with Crippen molar-refractivity contribution >= 4 is 6.09 Å². The van der Waals surface area contributed by atoms with Gasteiger partial charge >= 0.3 is 6.09 Å².